The lowest BCUT2D eigenvalue weighted by molar-refractivity contribution is -0.116. The van der Waals surface area contributed by atoms with Crippen molar-refractivity contribution < 1.29 is 18.0 Å². The fourth-order valence-electron chi connectivity index (χ4n) is 2.16. The lowest BCUT2D eigenvalue weighted by atomic mass is 10.3. The minimum atomic E-state index is -3.88. The number of anilines is 2. The Morgan fingerprint density at radius 1 is 1.04 bits per heavy atom. The lowest BCUT2D eigenvalue weighted by Gasteiger charge is -2.17. The van der Waals surface area contributed by atoms with Crippen LogP contribution in [0.2, 0.25) is 10.0 Å². The molecule has 0 saturated carbocycles. The number of likely N-dealkylation sites (N-methyl/N-ethyl adjacent to an activating group) is 1. The molecule has 0 fully saturated rings. The highest BCUT2D eigenvalue weighted by Gasteiger charge is 2.23. The Kier molecular flexibility index (Phi) is 6.83. The number of nitrogens with one attached hydrogen (secondary N) is 2. The Balaban J connectivity index is 2.07. The molecule has 0 aromatic heterocycles. The molecular weight excluding hydrogens is 413 g/mol. The number of carbonyl (C=O) groups is 2. The monoisotopic (exact) mass is 429 g/mol. The zero-order valence-corrected chi connectivity index (χ0v) is 16.8. The van der Waals surface area contributed by atoms with Gasteiger partial charge in [0.05, 0.1) is 22.2 Å². The molecule has 27 heavy (non-hydrogen) atoms. The molecule has 0 aliphatic rings. The molecule has 0 radical (unpaired) electrons. The van der Waals surface area contributed by atoms with Crippen LogP contribution in [0.3, 0.4) is 0 Å². The fourth-order valence-corrected chi connectivity index (χ4v) is 3.74. The van der Waals surface area contributed by atoms with Crippen LogP contribution in [-0.4, -0.2) is 38.1 Å². The maximum atomic E-state index is 12.6. The molecule has 2 amide bonds. The van der Waals surface area contributed by atoms with Crippen molar-refractivity contribution in [1.29, 1.82) is 0 Å². The summed E-state index contributed by atoms with van der Waals surface area (Å²) in [5.41, 5.74) is 0.802. The van der Waals surface area contributed by atoms with Gasteiger partial charge < -0.3 is 10.6 Å². The summed E-state index contributed by atoms with van der Waals surface area (Å²) < 4.78 is 26.1. The molecule has 2 aromatic carbocycles. The molecule has 0 unspecified atom stereocenters. The highest BCUT2D eigenvalue weighted by Crippen LogP contribution is 2.25. The summed E-state index contributed by atoms with van der Waals surface area (Å²) in [5, 5.41) is 5.75. The zero-order chi connectivity index (χ0) is 20.2. The number of amides is 2. The number of sulfonamides is 1. The van der Waals surface area contributed by atoms with Gasteiger partial charge in [0.1, 0.15) is 0 Å². The quantitative estimate of drug-likeness (QED) is 0.736. The Morgan fingerprint density at radius 3 is 2.22 bits per heavy atom. The molecular formula is C17H17Cl2N3O4S. The van der Waals surface area contributed by atoms with E-state index in [0.717, 1.165) is 4.31 Å². The van der Waals surface area contributed by atoms with Crippen LogP contribution in [0.4, 0.5) is 11.4 Å². The maximum Gasteiger partial charge on any atom is 0.243 e. The van der Waals surface area contributed by atoms with Crippen LogP contribution < -0.4 is 10.6 Å². The van der Waals surface area contributed by atoms with Gasteiger partial charge in [-0.15, -0.1) is 0 Å². The predicted molar refractivity (Wildman–Crippen MR) is 106 cm³/mol. The molecule has 0 spiro atoms. The molecule has 144 valence electrons. The Morgan fingerprint density at radius 2 is 1.67 bits per heavy atom. The molecule has 10 heteroatoms. The number of hydrogen-bond acceptors (Lipinski definition) is 4. The highest BCUT2D eigenvalue weighted by atomic mass is 35.5. The first-order chi connectivity index (χ1) is 12.6. The minimum absolute atomic E-state index is 0.00331. The smallest absolute Gasteiger partial charge is 0.243 e. The summed E-state index contributed by atoms with van der Waals surface area (Å²) in [5.74, 6) is -0.819. The average molecular weight is 430 g/mol. The van der Waals surface area contributed by atoms with Crippen molar-refractivity contribution >= 4 is 56.4 Å². The van der Waals surface area contributed by atoms with E-state index in [1.165, 1.54) is 50.4 Å². The molecule has 0 saturated heterocycles. The fraction of sp³-hybridized carbons (Fsp3) is 0.176. The van der Waals surface area contributed by atoms with E-state index >= 15 is 0 Å². The van der Waals surface area contributed by atoms with Crippen LogP contribution in [0.5, 0.6) is 0 Å². The topological polar surface area (TPSA) is 95.6 Å². The van der Waals surface area contributed by atoms with Crippen LogP contribution >= 0.6 is 23.2 Å². The van der Waals surface area contributed by atoms with Gasteiger partial charge in [-0.3, -0.25) is 9.59 Å². The molecule has 0 heterocycles. The Hall–Kier alpha value is -2.13. The van der Waals surface area contributed by atoms with Gasteiger partial charge in [-0.2, -0.15) is 4.31 Å². The standard InChI is InChI=1S/C17H17Cl2N3O4S/c1-11(23)20-13-4-6-14(7-5-13)27(25,26)22(2)10-17(24)21-16-8-3-12(18)9-15(16)19/h3-9H,10H2,1-2H3,(H,20,23)(H,21,24). The second-order valence-electron chi connectivity index (χ2n) is 5.64. The third kappa shape index (κ3) is 5.67. The largest absolute Gasteiger partial charge is 0.326 e. The molecule has 0 bridgehead atoms. The van der Waals surface area contributed by atoms with Crippen LogP contribution in [0.1, 0.15) is 6.92 Å². The summed E-state index contributed by atoms with van der Waals surface area (Å²) in [6.45, 7) is 0.943. The summed E-state index contributed by atoms with van der Waals surface area (Å²) in [4.78, 5) is 23.2. The van der Waals surface area contributed by atoms with E-state index in [1.54, 1.807) is 6.07 Å². The van der Waals surface area contributed by atoms with Crippen molar-refractivity contribution in [2.45, 2.75) is 11.8 Å². The molecule has 0 aliphatic heterocycles. The molecule has 2 rings (SSSR count). The van der Waals surface area contributed by atoms with Crippen LogP contribution in [0, 0.1) is 0 Å². The third-order valence-electron chi connectivity index (χ3n) is 3.45. The average Bonchev–Trinajstić information content (AvgIpc) is 2.57. The number of benzene rings is 2. The van der Waals surface area contributed by atoms with Gasteiger partial charge in [0, 0.05) is 24.7 Å². The van der Waals surface area contributed by atoms with E-state index < -0.39 is 22.5 Å². The van der Waals surface area contributed by atoms with Gasteiger partial charge in [-0.1, -0.05) is 23.2 Å². The van der Waals surface area contributed by atoms with Gasteiger partial charge in [-0.05, 0) is 42.5 Å². The van der Waals surface area contributed by atoms with Gasteiger partial charge in [0.25, 0.3) is 0 Å². The van der Waals surface area contributed by atoms with Crippen LogP contribution in [0.25, 0.3) is 0 Å². The SMILES string of the molecule is CC(=O)Nc1ccc(S(=O)(=O)N(C)CC(=O)Nc2ccc(Cl)cc2Cl)cc1. The number of hydrogen-bond donors (Lipinski definition) is 2. The Labute approximate surface area is 167 Å². The van der Waals surface area contributed by atoms with E-state index in [2.05, 4.69) is 10.6 Å². The normalized spacial score (nSPS) is 11.3. The number of halogens is 2. The van der Waals surface area contributed by atoms with E-state index in [1.807, 2.05) is 0 Å². The summed E-state index contributed by atoms with van der Waals surface area (Å²) in [6, 6.07) is 10.2. The number of nitrogens with zero attached hydrogens (tertiary/aromatic N) is 1. The van der Waals surface area contributed by atoms with Crippen molar-refractivity contribution in [3.63, 3.8) is 0 Å². The second-order valence-corrected chi connectivity index (χ2v) is 8.53. The summed E-state index contributed by atoms with van der Waals surface area (Å²) in [7, 11) is -2.59. The van der Waals surface area contributed by atoms with Gasteiger partial charge in [0.15, 0.2) is 0 Å². The van der Waals surface area contributed by atoms with Crippen LogP contribution in [-0.2, 0) is 19.6 Å². The Bertz CT molecular complexity index is 963. The van der Waals surface area contributed by atoms with Crippen LogP contribution in [0.15, 0.2) is 47.4 Å². The predicted octanol–water partition coefficient (Wildman–Crippen LogP) is 3.21. The molecule has 2 N–H and O–H groups in total. The number of carbonyl (C=O) groups excluding carboxylic acids is 2. The van der Waals surface area contributed by atoms with Gasteiger partial charge in [0.2, 0.25) is 21.8 Å². The van der Waals surface area contributed by atoms with E-state index in [9.17, 15) is 18.0 Å². The summed E-state index contributed by atoms with van der Waals surface area (Å²) >= 11 is 11.8. The number of rotatable bonds is 6. The summed E-state index contributed by atoms with van der Waals surface area (Å²) in [6.07, 6.45) is 0. The second kappa shape index (κ2) is 8.71. The highest BCUT2D eigenvalue weighted by molar-refractivity contribution is 7.89. The minimum Gasteiger partial charge on any atom is -0.326 e. The maximum absolute atomic E-state index is 12.6. The zero-order valence-electron chi connectivity index (χ0n) is 14.5. The lowest BCUT2D eigenvalue weighted by Crippen LogP contribution is -2.35. The first-order valence-corrected chi connectivity index (χ1v) is 9.88. The van der Waals surface area contributed by atoms with E-state index in [4.69, 9.17) is 23.2 Å². The van der Waals surface area contributed by atoms with Gasteiger partial charge >= 0.3 is 0 Å². The van der Waals surface area contributed by atoms with Crippen molar-refractivity contribution in [2.24, 2.45) is 0 Å². The molecule has 7 nitrogen and oxygen atoms in total. The third-order valence-corrected chi connectivity index (χ3v) is 5.82. The van der Waals surface area contributed by atoms with E-state index in [0.29, 0.717) is 16.4 Å². The first kappa shape index (κ1) is 21.2. The van der Waals surface area contributed by atoms with Crippen molar-refractivity contribution in [1.82, 2.24) is 4.31 Å². The van der Waals surface area contributed by atoms with Gasteiger partial charge in [-0.25, -0.2) is 8.42 Å². The molecule has 0 atom stereocenters. The van der Waals surface area contributed by atoms with Crippen molar-refractivity contribution in [2.75, 3.05) is 24.2 Å². The molecule has 2 aromatic rings. The molecule has 0 aliphatic carbocycles. The van der Waals surface area contributed by atoms with Crippen molar-refractivity contribution in [3.8, 4) is 0 Å². The van der Waals surface area contributed by atoms with Crippen molar-refractivity contribution in [3.05, 3.63) is 52.5 Å². The first-order valence-electron chi connectivity index (χ1n) is 7.68. The van der Waals surface area contributed by atoms with E-state index in [-0.39, 0.29) is 15.8 Å².